The first kappa shape index (κ1) is 23.4. The summed E-state index contributed by atoms with van der Waals surface area (Å²) in [6.45, 7) is 2.57. The minimum Gasteiger partial charge on any atom is -0.352 e. The Labute approximate surface area is 190 Å². The van der Waals surface area contributed by atoms with Crippen LogP contribution in [0.15, 0.2) is 65.6 Å². The Hall–Kier alpha value is -2.27. The molecule has 31 heavy (non-hydrogen) atoms. The summed E-state index contributed by atoms with van der Waals surface area (Å²) in [6, 6.07) is 20.2. The van der Waals surface area contributed by atoms with Crippen molar-refractivity contribution in [2.24, 2.45) is 0 Å². The summed E-state index contributed by atoms with van der Waals surface area (Å²) in [6.07, 6.45) is 6.27. The summed E-state index contributed by atoms with van der Waals surface area (Å²) in [4.78, 5) is 29.3. The molecule has 0 heterocycles. The third-order valence-electron chi connectivity index (χ3n) is 5.90. The number of amides is 2. The zero-order chi connectivity index (χ0) is 21.9. The predicted molar refractivity (Wildman–Crippen MR) is 128 cm³/mol. The molecule has 1 fully saturated rings. The molecule has 3 rings (SSSR count). The van der Waals surface area contributed by atoms with Crippen molar-refractivity contribution in [3.8, 4) is 0 Å². The van der Waals surface area contributed by atoms with Gasteiger partial charge >= 0.3 is 0 Å². The number of benzene rings is 2. The Morgan fingerprint density at radius 1 is 1.03 bits per heavy atom. The Balaban J connectivity index is 1.64. The fourth-order valence-corrected chi connectivity index (χ4v) is 5.04. The van der Waals surface area contributed by atoms with E-state index in [1.165, 1.54) is 18.4 Å². The number of carbonyl (C=O) groups is 2. The van der Waals surface area contributed by atoms with Crippen molar-refractivity contribution in [1.29, 1.82) is 0 Å². The number of nitrogens with one attached hydrogen (secondary N) is 1. The Bertz CT molecular complexity index is 807. The smallest absolute Gasteiger partial charge is 0.243 e. The van der Waals surface area contributed by atoms with Gasteiger partial charge in [0, 0.05) is 29.7 Å². The van der Waals surface area contributed by atoms with Gasteiger partial charge in [0.2, 0.25) is 11.8 Å². The maximum atomic E-state index is 13.2. The molecule has 0 aliphatic heterocycles. The molecule has 0 saturated heterocycles. The van der Waals surface area contributed by atoms with E-state index in [1.54, 1.807) is 11.8 Å². The standard InChI is InChI=1S/C26H34N2O2S/c1-2-24(26(30)27-22-13-9-10-14-22)28(19-17-21-11-5-3-6-12-21)25(29)18-20-31-23-15-7-4-8-16-23/h3-8,11-12,15-16,22,24H,2,9-10,13-14,17-20H2,1H3,(H,27,30). The molecule has 1 aliphatic rings. The second kappa shape index (κ2) is 12.6. The summed E-state index contributed by atoms with van der Waals surface area (Å²) in [5, 5.41) is 3.21. The highest BCUT2D eigenvalue weighted by Gasteiger charge is 2.30. The van der Waals surface area contributed by atoms with Gasteiger partial charge in [-0.25, -0.2) is 0 Å². The van der Waals surface area contributed by atoms with Crippen LogP contribution in [-0.4, -0.2) is 41.1 Å². The van der Waals surface area contributed by atoms with Gasteiger partial charge in [-0.2, -0.15) is 0 Å². The van der Waals surface area contributed by atoms with Crippen LogP contribution >= 0.6 is 11.8 Å². The van der Waals surface area contributed by atoms with Crippen LogP contribution < -0.4 is 5.32 Å². The molecular formula is C26H34N2O2S. The molecule has 2 aromatic carbocycles. The molecule has 5 heteroatoms. The largest absolute Gasteiger partial charge is 0.352 e. The van der Waals surface area contributed by atoms with E-state index in [2.05, 4.69) is 29.6 Å². The Kier molecular flexibility index (Phi) is 9.47. The van der Waals surface area contributed by atoms with Gasteiger partial charge in [0.1, 0.15) is 6.04 Å². The van der Waals surface area contributed by atoms with Gasteiger partial charge in [0.05, 0.1) is 0 Å². The highest BCUT2D eigenvalue weighted by atomic mass is 32.2. The molecule has 1 saturated carbocycles. The molecule has 1 atom stereocenters. The zero-order valence-electron chi connectivity index (χ0n) is 18.5. The molecule has 1 aliphatic carbocycles. The molecule has 2 amide bonds. The van der Waals surface area contributed by atoms with E-state index in [9.17, 15) is 9.59 Å². The first-order valence-electron chi connectivity index (χ1n) is 11.5. The first-order chi connectivity index (χ1) is 15.2. The summed E-state index contributed by atoms with van der Waals surface area (Å²) in [7, 11) is 0. The number of carbonyl (C=O) groups excluding carboxylic acids is 2. The average Bonchev–Trinajstić information content (AvgIpc) is 3.31. The molecular weight excluding hydrogens is 404 g/mol. The molecule has 166 valence electrons. The topological polar surface area (TPSA) is 49.4 Å². The third kappa shape index (κ3) is 7.42. The van der Waals surface area contributed by atoms with Crippen LogP contribution in [0, 0.1) is 0 Å². The highest BCUT2D eigenvalue weighted by molar-refractivity contribution is 7.99. The second-order valence-corrected chi connectivity index (χ2v) is 9.32. The molecule has 0 radical (unpaired) electrons. The fourth-order valence-electron chi connectivity index (χ4n) is 4.18. The average molecular weight is 439 g/mol. The molecule has 4 nitrogen and oxygen atoms in total. The minimum absolute atomic E-state index is 0.00604. The van der Waals surface area contributed by atoms with Crippen LogP contribution in [-0.2, 0) is 16.0 Å². The number of thioether (sulfide) groups is 1. The van der Waals surface area contributed by atoms with Crippen LogP contribution in [0.5, 0.6) is 0 Å². The van der Waals surface area contributed by atoms with E-state index in [1.807, 2.05) is 48.2 Å². The lowest BCUT2D eigenvalue weighted by Crippen LogP contribution is -2.51. The third-order valence-corrected chi connectivity index (χ3v) is 6.91. The summed E-state index contributed by atoms with van der Waals surface area (Å²) < 4.78 is 0. The molecule has 0 spiro atoms. The normalized spacial score (nSPS) is 14.9. The number of hydrogen-bond donors (Lipinski definition) is 1. The minimum atomic E-state index is -0.404. The van der Waals surface area contributed by atoms with Gasteiger partial charge in [-0.3, -0.25) is 9.59 Å². The fraction of sp³-hybridized carbons (Fsp3) is 0.462. The van der Waals surface area contributed by atoms with E-state index in [0.717, 1.165) is 24.2 Å². The van der Waals surface area contributed by atoms with Gasteiger partial charge in [0.15, 0.2) is 0 Å². The van der Waals surface area contributed by atoms with Crippen molar-refractivity contribution in [2.45, 2.75) is 68.8 Å². The van der Waals surface area contributed by atoms with Gasteiger partial charge in [-0.15, -0.1) is 11.8 Å². The monoisotopic (exact) mass is 438 g/mol. The molecule has 1 unspecified atom stereocenters. The van der Waals surface area contributed by atoms with Crippen LogP contribution in [0.1, 0.15) is 51.0 Å². The van der Waals surface area contributed by atoms with Crippen molar-refractivity contribution in [1.82, 2.24) is 10.2 Å². The number of hydrogen-bond acceptors (Lipinski definition) is 3. The quantitative estimate of drug-likeness (QED) is 0.498. The number of rotatable bonds is 11. The molecule has 2 aromatic rings. The van der Waals surface area contributed by atoms with Gasteiger partial charge in [-0.1, -0.05) is 68.3 Å². The van der Waals surface area contributed by atoms with Gasteiger partial charge in [0.25, 0.3) is 0 Å². The van der Waals surface area contributed by atoms with E-state index >= 15 is 0 Å². The molecule has 0 aromatic heterocycles. The van der Waals surface area contributed by atoms with Crippen LogP contribution in [0.2, 0.25) is 0 Å². The van der Waals surface area contributed by atoms with Crippen LogP contribution in [0.3, 0.4) is 0 Å². The SMILES string of the molecule is CCC(C(=O)NC1CCCC1)N(CCc1ccccc1)C(=O)CCSc1ccccc1. The Morgan fingerprint density at radius 3 is 2.32 bits per heavy atom. The second-order valence-electron chi connectivity index (χ2n) is 8.15. The summed E-state index contributed by atoms with van der Waals surface area (Å²) >= 11 is 1.69. The summed E-state index contributed by atoms with van der Waals surface area (Å²) in [5.41, 5.74) is 1.19. The van der Waals surface area contributed by atoms with Crippen molar-refractivity contribution < 1.29 is 9.59 Å². The lowest BCUT2D eigenvalue weighted by Gasteiger charge is -2.31. The highest BCUT2D eigenvalue weighted by Crippen LogP contribution is 2.21. The van der Waals surface area contributed by atoms with E-state index < -0.39 is 6.04 Å². The zero-order valence-corrected chi connectivity index (χ0v) is 19.3. The van der Waals surface area contributed by atoms with E-state index in [4.69, 9.17) is 0 Å². The van der Waals surface area contributed by atoms with Gasteiger partial charge < -0.3 is 10.2 Å². The van der Waals surface area contributed by atoms with Crippen LogP contribution in [0.25, 0.3) is 0 Å². The predicted octanol–water partition coefficient (Wildman–Crippen LogP) is 5.08. The van der Waals surface area contributed by atoms with E-state index in [-0.39, 0.29) is 17.9 Å². The lowest BCUT2D eigenvalue weighted by molar-refractivity contribution is -0.140. The van der Waals surface area contributed by atoms with Crippen LogP contribution in [0.4, 0.5) is 0 Å². The van der Waals surface area contributed by atoms with E-state index in [0.29, 0.717) is 25.1 Å². The van der Waals surface area contributed by atoms with Crippen molar-refractivity contribution in [2.75, 3.05) is 12.3 Å². The van der Waals surface area contributed by atoms with Crippen molar-refractivity contribution in [3.05, 3.63) is 66.2 Å². The van der Waals surface area contributed by atoms with Crippen molar-refractivity contribution >= 4 is 23.6 Å². The lowest BCUT2D eigenvalue weighted by atomic mass is 10.1. The van der Waals surface area contributed by atoms with Gasteiger partial charge in [-0.05, 0) is 43.4 Å². The molecule has 0 bridgehead atoms. The van der Waals surface area contributed by atoms with Crippen molar-refractivity contribution in [3.63, 3.8) is 0 Å². The maximum absolute atomic E-state index is 13.2. The Morgan fingerprint density at radius 2 is 1.68 bits per heavy atom. The maximum Gasteiger partial charge on any atom is 0.243 e. The first-order valence-corrected chi connectivity index (χ1v) is 12.5. The number of nitrogens with zero attached hydrogens (tertiary/aromatic N) is 1. The summed E-state index contributed by atoms with van der Waals surface area (Å²) in [5.74, 6) is 0.782. The molecule has 1 N–H and O–H groups in total.